The summed E-state index contributed by atoms with van der Waals surface area (Å²) in [5.41, 5.74) is 3.31. The molecule has 0 aliphatic heterocycles. The van der Waals surface area contributed by atoms with Gasteiger partial charge in [0.15, 0.2) is 5.78 Å². The molecule has 0 radical (unpaired) electrons. The number of hydrogen-bond acceptors (Lipinski definition) is 3. The van der Waals surface area contributed by atoms with E-state index in [1.807, 2.05) is 29.7 Å². The molecule has 4 heteroatoms. The van der Waals surface area contributed by atoms with Crippen molar-refractivity contribution in [3.8, 4) is 0 Å². The molecule has 0 unspecified atom stereocenters. The molecule has 0 amide bonds. The zero-order valence-electron chi connectivity index (χ0n) is 10.7. The van der Waals surface area contributed by atoms with Gasteiger partial charge in [0, 0.05) is 17.5 Å². The molecule has 0 aliphatic carbocycles. The predicted octanol–water partition coefficient (Wildman–Crippen LogP) is 2.17. The number of aryl methyl sites for hydroxylation is 1. The maximum absolute atomic E-state index is 11.6. The minimum Gasteiger partial charge on any atom is -0.469 e. The molecule has 2 heterocycles. The molecule has 0 atom stereocenters. The van der Waals surface area contributed by atoms with Crippen molar-refractivity contribution in [2.45, 2.75) is 20.3 Å². The van der Waals surface area contributed by atoms with Gasteiger partial charge in [-0.2, -0.15) is 0 Å². The third-order valence-electron chi connectivity index (χ3n) is 2.94. The minimum absolute atomic E-state index is 0.00536. The highest BCUT2D eigenvalue weighted by atomic mass is 16.5. The van der Waals surface area contributed by atoms with Gasteiger partial charge in [-0.3, -0.25) is 9.59 Å². The summed E-state index contributed by atoms with van der Waals surface area (Å²) < 4.78 is 6.52. The van der Waals surface area contributed by atoms with Gasteiger partial charge in [-0.1, -0.05) is 0 Å². The molecule has 2 aromatic heterocycles. The second-order valence-corrected chi connectivity index (χ2v) is 4.32. The molecule has 0 aromatic carbocycles. The van der Waals surface area contributed by atoms with Crippen molar-refractivity contribution in [2.75, 3.05) is 7.11 Å². The highest BCUT2D eigenvalue weighted by Crippen LogP contribution is 2.19. The number of carbonyl (C=O) groups excluding carboxylic acids is 2. The Morgan fingerprint density at radius 1 is 1.33 bits per heavy atom. The smallest absolute Gasteiger partial charge is 0.311 e. The van der Waals surface area contributed by atoms with Crippen LogP contribution in [0.2, 0.25) is 0 Å². The third kappa shape index (κ3) is 2.14. The topological polar surface area (TPSA) is 47.8 Å². The van der Waals surface area contributed by atoms with Gasteiger partial charge in [0.05, 0.1) is 19.0 Å². The Labute approximate surface area is 105 Å². The number of Topliss-reactive ketones (excluding diaryl/α,β-unsaturated/α-hetero) is 1. The van der Waals surface area contributed by atoms with E-state index >= 15 is 0 Å². The van der Waals surface area contributed by atoms with E-state index < -0.39 is 0 Å². The normalized spacial score (nSPS) is 10.6. The maximum Gasteiger partial charge on any atom is 0.311 e. The van der Waals surface area contributed by atoms with Crippen LogP contribution < -0.4 is 0 Å². The summed E-state index contributed by atoms with van der Waals surface area (Å²) in [6.45, 7) is 3.50. The van der Waals surface area contributed by atoms with Crippen LogP contribution in [0.25, 0.3) is 5.52 Å². The Morgan fingerprint density at radius 2 is 2.06 bits per heavy atom. The van der Waals surface area contributed by atoms with Crippen molar-refractivity contribution in [3.05, 3.63) is 41.2 Å². The fraction of sp³-hybridized carbons (Fsp3) is 0.286. The molecule has 0 aliphatic rings. The highest BCUT2D eigenvalue weighted by Gasteiger charge is 2.14. The SMILES string of the molecule is COC(=O)Cc1cc(C(C)=O)c2cc(C)ccn12. The molecule has 0 fully saturated rings. The van der Waals surface area contributed by atoms with Crippen LogP contribution >= 0.6 is 0 Å². The molecule has 94 valence electrons. The molecule has 0 spiro atoms. The van der Waals surface area contributed by atoms with Gasteiger partial charge in [0.1, 0.15) is 0 Å². The summed E-state index contributed by atoms with van der Waals surface area (Å²) >= 11 is 0. The second-order valence-electron chi connectivity index (χ2n) is 4.32. The number of ether oxygens (including phenoxy) is 1. The first-order valence-corrected chi connectivity index (χ1v) is 5.71. The lowest BCUT2D eigenvalue weighted by atomic mass is 10.1. The third-order valence-corrected chi connectivity index (χ3v) is 2.94. The lowest BCUT2D eigenvalue weighted by Gasteiger charge is -2.02. The summed E-state index contributed by atoms with van der Waals surface area (Å²) in [6, 6.07) is 5.64. The Morgan fingerprint density at radius 3 is 2.67 bits per heavy atom. The summed E-state index contributed by atoms with van der Waals surface area (Å²) in [4.78, 5) is 23.0. The number of nitrogens with zero attached hydrogens (tertiary/aromatic N) is 1. The first-order chi connectivity index (χ1) is 8.52. The largest absolute Gasteiger partial charge is 0.469 e. The summed E-state index contributed by atoms with van der Waals surface area (Å²) in [5, 5.41) is 0. The first-order valence-electron chi connectivity index (χ1n) is 5.71. The molecule has 18 heavy (non-hydrogen) atoms. The van der Waals surface area contributed by atoms with E-state index in [4.69, 9.17) is 0 Å². The zero-order chi connectivity index (χ0) is 13.3. The number of rotatable bonds is 3. The van der Waals surface area contributed by atoms with E-state index in [1.54, 1.807) is 6.07 Å². The van der Waals surface area contributed by atoms with Gasteiger partial charge >= 0.3 is 5.97 Å². The predicted molar refractivity (Wildman–Crippen MR) is 67.9 cm³/mol. The van der Waals surface area contributed by atoms with Crippen LogP contribution in [0.3, 0.4) is 0 Å². The maximum atomic E-state index is 11.6. The van der Waals surface area contributed by atoms with Gasteiger partial charge < -0.3 is 9.14 Å². The highest BCUT2D eigenvalue weighted by molar-refractivity contribution is 6.01. The number of methoxy groups -OCH3 is 1. The Balaban J connectivity index is 2.61. The van der Waals surface area contributed by atoms with E-state index in [-0.39, 0.29) is 18.2 Å². The average molecular weight is 245 g/mol. The molecule has 4 nitrogen and oxygen atoms in total. The van der Waals surface area contributed by atoms with Crippen LogP contribution in [0, 0.1) is 6.92 Å². The van der Waals surface area contributed by atoms with Crippen molar-refractivity contribution in [3.63, 3.8) is 0 Å². The van der Waals surface area contributed by atoms with Crippen molar-refractivity contribution >= 4 is 17.3 Å². The van der Waals surface area contributed by atoms with Crippen molar-refractivity contribution in [2.24, 2.45) is 0 Å². The van der Waals surface area contributed by atoms with E-state index in [1.165, 1.54) is 14.0 Å². The summed E-state index contributed by atoms with van der Waals surface area (Å²) in [6.07, 6.45) is 2.03. The minimum atomic E-state index is -0.315. The van der Waals surface area contributed by atoms with Crippen LogP contribution in [0.5, 0.6) is 0 Å². The summed E-state index contributed by atoms with van der Waals surface area (Å²) in [7, 11) is 1.36. The molecule has 2 aromatic rings. The number of carbonyl (C=O) groups is 2. The lowest BCUT2D eigenvalue weighted by molar-refractivity contribution is -0.139. The number of aromatic nitrogens is 1. The number of hydrogen-bond donors (Lipinski definition) is 0. The van der Waals surface area contributed by atoms with E-state index in [0.29, 0.717) is 5.56 Å². The van der Waals surface area contributed by atoms with Crippen LogP contribution in [-0.4, -0.2) is 23.3 Å². The molecule has 0 bridgehead atoms. The quantitative estimate of drug-likeness (QED) is 0.615. The monoisotopic (exact) mass is 245 g/mol. The van der Waals surface area contributed by atoms with E-state index in [2.05, 4.69) is 4.74 Å². The molecular formula is C14H15NO3. The van der Waals surface area contributed by atoms with Crippen molar-refractivity contribution < 1.29 is 14.3 Å². The van der Waals surface area contributed by atoms with Gasteiger partial charge in [-0.05, 0) is 37.6 Å². The molecule has 2 rings (SSSR count). The van der Waals surface area contributed by atoms with Crippen LogP contribution in [0.15, 0.2) is 24.4 Å². The van der Waals surface area contributed by atoms with Crippen LogP contribution in [-0.2, 0) is 16.0 Å². The molecule has 0 saturated carbocycles. The summed E-state index contributed by atoms with van der Waals surface area (Å²) in [5.74, 6) is -0.320. The molecule has 0 saturated heterocycles. The van der Waals surface area contributed by atoms with E-state index in [9.17, 15) is 9.59 Å². The fourth-order valence-electron chi connectivity index (χ4n) is 2.01. The van der Waals surface area contributed by atoms with E-state index in [0.717, 1.165) is 16.8 Å². The number of fused-ring (bicyclic) bond motifs is 1. The lowest BCUT2D eigenvalue weighted by Crippen LogP contribution is -2.06. The second kappa shape index (κ2) is 4.64. The average Bonchev–Trinajstić information content (AvgIpc) is 2.67. The van der Waals surface area contributed by atoms with Gasteiger partial charge in [0.25, 0.3) is 0 Å². The van der Waals surface area contributed by atoms with Crippen LogP contribution in [0.1, 0.15) is 28.5 Å². The number of esters is 1. The zero-order valence-corrected chi connectivity index (χ0v) is 10.7. The molecule has 0 N–H and O–H groups in total. The van der Waals surface area contributed by atoms with Crippen molar-refractivity contribution in [1.29, 1.82) is 0 Å². The van der Waals surface area contributed by atoms with Gasteiger partial charge in [0.2, 0.25) is 0 Å². The Kier molecular flexibility index (Phi) is 3.19. The van der Waals surface area contributed by atoms with Crippen molar-refractivity contribution in [1.82, 2.24) is 4.40 Å². The standard InChI is InChI=1S/C14H15NO3/c1-9-4-5-15-11(8-14(17)18-3)7-12(10(2)16)13(15)6-9/h4-7H,8H2,1-3H3. The number of ketones is 1. The van der Waals surface area contributed by atoms with Crippen LogP contribution in [0.4, 0.5) is 0 Å². The Bertz CT molecular complexity index is 625. The first kappa shape index (κ1) is 12.4. The number of pyridine rings is 1. The van der Waals surface area contributed by atoms with Gasteiger partial charge in [-0.15, -0.1) is 0 Å². The van der Waals surface area contributed by atoms with Gasteiger partial charge in [-0.25, -0.2) is 0 Å². The fourth-order valence-corrected chi connectivity index (χ4v) is 2.01. The molecular weight excluding hydrogens is 230 g/mol. The Hall–Kier alpha value is -2.10.